The van der Waals surface area contributed by atoms with Gasteiger partial charge in [0.05, 0.1) is 0 Å². The van der Waals surface area contributed by atoms with E-state index in [1.807, 2.05) is 42.6 Å². The second kappa shape index (κ2) is 13.1. The van der Waals surface area contributed by atoms with Gasteiger partial charge in [0.25, 0.3) is 0 Å². The molecular weight excluding hydrogens is 605 g/mol. The Morgan fingerprint density at radius 2 is 1.69 bits per heavy atom. The summed E-state index contributed by atoms with van der Waals surface area (Å²) in [4.78, 5) is 21.3. The zero-order chi connectivity index (χ0) is 30.6. The third-order valence-corrected chi connectivity index (χ3v) is 7.68. The summed E-state index contributed by atoms with van der Waals surface area (Å²) < 4.78 is 18.9. The molecule has 0 fully saturated rings. The average Bonchev–Trinajstić information content (AvgIpc) is 3.54. The van der Waals surface area contributed by atoms with E-state index >= 15 is 0 Å². The topological polar surface area (TPSA) is 139 Å². The van der Waals surface area contributed by atoms with Gasteiger partial charge >= 0.3 is 5.97 Å². The predicted molar refractivity (Wildman–Crippen MR) is 163 cm³/mol. The zero-order valence-electron chi connectivity index (χ0n) is 22.9. The van der Waals surface area contributed by atoms with Crippen LogP contribution < -0.4 is 25.7 Å². The minimum atomic E-state index is -1.92. The van der Waals surface area contributed by atoms with Gasteiger partial charge in [-0.1, -0.05) is 54.7 Å². The Kier molecular flexibility index (Phi) is 9.78. The number of carbonyl (C=O) groups excluding carboxylic acids is 1. The normalized spacial score (nSPS) is 13.4. The van der Waals surface area contributed by atoms with Crippen LogP contribution in [0.2, 0.25) is 15.1 Å². The lowest BCUT2D eigenvalue weighted by atomic mass is 9.89. The number of nitrogens with zero attached hydrogens (tertiary/aromatic N) is 1. The van der Waals surface area contributed by atoms with E-state index in [9.17, 15) is 9.59 Å². The van der Waals surface area contributed by atoms with Crippen LogP contribution in [0.15, 0.2) is 60.8 Å². The molecule has 5 N–H and O–H groups in total. The first kappa shape index (κ1) is 31.3. The summed E-state index contributed by atoms with van der Waals surface area (Å²) in [5.41, 5.74) is 11.1. The highest BCUT2D eigenvalue weighted by molar-refractivity contribution is 6.36. The van der Waals surface area contributed by atoms with E-state index in [4.69, 9.17) is 65.6 Å². The number of carboxylic acids is 1. The first-order valence-electron chi connectivity index (χ1n) is 12.9. The molecule has 1 aliphatic heterocycles. The minimum Gasteiger partial charge on any atom is -0.489 e. The SMILES string of the molecule is CC(C)C[C@](N)(C(N)=O)C(=O)O.Clc1cc2c(cc1Cn1ccc3cc(OCc4c(Cl)cccc4Cl)ccc31)OCO2. The fourth-order valence-corrected chi connectivity index (χ4v) is 5.15. The van der Waals surface area contributed by atoms with Crippen molar-refractivity contribution < 1.29 is 28.9 Å². The number of ether oxygens (including phenoxy) is 3. The Balaban J connectivity index is 0.000000288. The van der Waals surface area contributed by atoms with Gasteiger partial charge in [-0.3, -0.25) is 4.79 Å². The average molecular weight is 635 g/mol. The summed E-state index contributed by atoms with van der Waals surface area (Å²) in [6.45, 7) is 4.69. The smallest absolute Gasteiger partial charge is 0.333 e. The maximum absolute atomic E-state index is 10.7. The standard InChI is InChI=1S/C23H16Cl3NO3.C7H14N2O3/c24-18-2-1-3-19(25)17(18)12-28-16-4-5-21-14(8-16)6-7-27(21)11-15-9-22-23(10-20(15)26)30-13-29-22;1-4(2)3-7(9,5(8)10)6(11)12/h1-10H,11-13H2;4H,3,9H2,1-2H3,(H2,8,10)(H,11,12)/t;7-/m.0/s1. The monoisotopic (exact) mass is 633 g/mol. The highest BCUT2D eigenvalue weighted by atomic mass is 35.5. The number of hydrogen-bond donors (Lipinski definition) is 3. The van der Waals surface area contributed by atoms with E-state index < -0.39 is 17.4 Å². The molecule has 0 aliphatic carbocycles. The molecule has 2 heterocycles. The van der Waals surface area contributed by atoms with Crippen molar-refractivity contribution in [2.75, 3.05) is 6.79 Å². The fourth-order valence-electron chi connectivity index (χ4n) is 4.43. The molecule has 0 bridgehead atoms. The Labute approximate surface area is 257 Å². The van der Waals surface area contributed by atoms with E-state index in [1.165, 1.54) is 0 Å². The second-order valence-corrected chi connectivity index (χ2v) is 11.4. The van der Waals surface area contributed by atoms with Crippen molar-refractivity contribution in [1.29, 1.82) is 0 Å². The van der Waals surface area contributed by atoms with Crippen molar-refractivity contribution in [3.05, 3.63) is 87.0 Å². The van der Waals surface area contributed by atoms with Gasteiger partial charge in [-0.05, 0) is 60.4 Å². The molecule has 0 saturated carbocycles. The molecule has 222 valence electrons. The summed E-state index contributed by atoms with van der Waals surface area (Å²) in [6, 6.07) is 17.2. The van der Waals surface area contributed by atoms with Crippen LogP contribution in [-0.2, 0) is 22.7 Å². The quantitative estimate of drug-likeness (QED) is 0.185. The van der Waals surface area contributed by atoms with Crippen molar-refractivity contribution in [3.8, 4) is 17.2 Å². The zero-order valence-corrected chi connectivity index (χ0v) is 25.2. The van der Waals surface area contributed by atoms with E-state index in [0.717, 1.165) is 33.5 Å². The molecule has 4 aromatic rings. The number of halogens is 3. The molecule has 9 nitrogen and oxygen atoms in total. The van der Waals surface area contributed by atoms with E-state index in [2.05, 4.69) is 4.57 Å². The molecule has 5 rings (SSSR count). The lowest BCUT2D eigenvalue weighted by molar-refractivity contribution is -0.148. The molecule has 12 heteroatoms. The van der Waals surface area contributed by atoms with Gasteiger partial charge in [-0.2, -0.15) is 0 Å². The third-order valence-electron chi connectivity index (χ3n) is 6.62. The van der Waals surface area contributed by atoms with Gasteiger partial charge in [-0.15, -0.1) is 0 Å². The molecule has 0 unspecified atom stereocenters. The van der Waals surface area contributed by atoms with Crippen molar-refractivity contribution in [2.24, 2.45) is 17.4 Å². The summed E-state index contributed by atoms with van der Waals surface area (Å²) in [7, 11) is 0. The lowest BCUT2D eigenvalue weighted by Crippen LogP contribution is -2.58. The number of carbonyl (C=O) groups is 2. The number of hydrogen-bond acceptors (Lipinski definition) is 6. The number of fused-ring (bicyclic) bond motifs is 2. The van der Waals surface area contributed by atoms with Crippen molar-refractivity contribution in [2.45, 2.75) is 39.0 Å². The summed E-state index contributed by atoms with van der Waals surface area (Å²) in [6.07, 6.45) is 2.08. The Hall–Kier alpha value is -3.63. The van der Waals surface area contributed by atoms with Gasteiger partial charge in [0.2, 0.25) is 12.7 Å². The number of amides is 1. The number of carboxylic acid groups (broad SMARTS) is 1. The molecule has 1 aliphatic rings. The van der Waals surface area contributed by atoms with Gasteiger partial charge in [0.1, 0.15) is 12.4 Å². The summed E-state index contributed by atoms with van der Waals surface area (Å²) >= 11 is 18.9. The molecule has 1 amide bonds. The number of primary amides is 1. The Bertz CT molecular complexity index is 1590. The van der Waals surface area contributed by atoms with Crippen LogP contribution in [-0.4, -0.2) is 33.9 Å². The molecule has 1 aromatic heterocycles. The van der Waals surface area contributed by atoms with Crippen LogP contribution >= 0.6 is 34.8 Å². The number of nitrogens with two attached hydrogens (primary N) is 2. The number of benzene rings is 3. The van der Waals surface area contributed by atoms with Gasteiger partial charge in [0.15, 0.2) is 17.0 Å². The third kappa shape index (κ3) is 7.04. The highest BCUT2D eigenvalue weighted by Crippen LogP contribution is 2.37. The lowest BCUT2D eigenvalue weighted by Gasteiger charge is -2.22. The van der Waals surface area contributed by atoms with Crippen LogP contribution in [0.5, 0.6) is 17.2 Å². The summed E-state index contributed by atoms with van der Waals surface area (Å²) in [5, 5.41) is 11.5. The van der Waals surface area contributed by atoms with Crippen LogP contribution in [0.4, 0.5) is 0 Å². The Morgan fingerprint density at radius 3 is 2.29 bits per heavy atom. The van der Waals surface area contributed by atoms with Crippen molar-refractivity contribution in [3.63, 3.8) is 0 Å². The molecule has 0 saturated heterocycles. The van der Waals surface area contributed by atoms with Crippen LogP contribution in [0.25, 0.3) is 10.9 Å². The number of aromatic nitrogens is 1. The van der Waals surface area contributed by atoms with Gasteiger partial charge < -0.3 is 35.4 Å². The van der Waals surface area contributed by atoms with E-state index in [1.54, 1.807) is 32.0 Å². The number of aliphatic carboxylic acids is 1. The molecule has 0 radical (unpaired) electrons. The minimum absolute atomic E-state index is 0.0126. The highest BCUT2D eigenvalue weighted by Gasteiger charge is 2.40. The second-order valence-electron chi connectivity index (χ2n) is 10.2. The number of rotatable bonds is 9. The van der Waals surface area contributed by atoms with Gasteiger partial charge in [-0.25, -0.2) is 4.79 Å². The van der Waals surface area contributed by atoms with E-state index in [-0.39, 0.29) is 19.1 Å². The molecular formula is C30H30Cl3N3O6. The Morgan fingerprint density at radius 1 is 1.02 bits per heavy atom. The molecule has 3 aromatic carbocycles. The van der Waals surface area contributed by atoms with Crippen LogP contribution in [0.3, 0.4) is 0 Å². The van der Waals surface area contributed by atoms with E-state index in [0.29, 0.717) is 34.0 Å². The first-order valence-corrected chi connectivity index (χ1v) is 14.1. The summed E-state index contributed by atoms with van der Waals surface area (Å²) in [5.74, 6) is -0.204. The largest absolute Gasteiger partial charge is 0.489 e. The van der Waals surface area contributed by atoms with Gasteiger partial charge in [0, 0.05) is 50.3 Å². The molecule has 0 spiro atoms. The van der Waals surface area contributed by atoms with Crippen LogP contribution in [0.1, 0.15) is 31.4 Å². The van der Waals surface area contributed by atoms with Crippen LogP contribution in [0, 0.1) is 5.92 Å². The molecule has 42 heavy (non-hydrogen) atoms. The molecule has 1 atom stereocenters. The predicted octanol–water partition coefficient (Wildman–Crippen LogP) is 6.26. The maximum Gasteiger partial charge on any atom is 0.333 e. The first-order chi connectivity index (χ1) is 19.9. The fraction of sp³-hybridized carbons (Fsp3) is 0.267. The maximum atomic E-state index is 10.7. The van der Waals surface area contributed by atoms with Crippen molar-refractivity contribution >= 4 is 57.6 Å². The van der Waals surface area contributed by atoms with Crippen molar-refractivity contribution in [1.82, 2.24) is 4.57 Å².